The van der Waals surface area contributed by atoms with E-state index in [1.165, 1.54) is 12.1 Å². The number of aromatic nitrogens is 2. The zero-order valence-electron chi connectivity index (χ0n) is 16.1. The number of fused-ring (bicyclic) bond motifs is 1. The Morgan fingerprint density at radius 1 is 1.10 bits per heavy atom. The number of hydrogen-bond donors (Lipinski definition) is 2. The number of nitrogens with zero attached hydrogens (tertiary/aromatic N) is 2. The van der Waals surface area contributed by atoms with Gasteiger partial charge in [0.1, 0.15) is 12.4 Å². The maximum absolute atomic E-state index is 13.2. The van der Waals surface area contributed by atoms with Gasteiger partial charge in [-0.25, -0.2) is 9.07 Å². The van der Waals surface area contributed by atoms with Crippen LogP contribution < -0.4 is 16.6 Å². The molecule has 2 amide bonds. The van der Waals surface area contributed by atoms with Gasteiger partial charge in [0.25, 0.3) is 11.5 Å². The van der Waals surface area contributed by atoms with Gasteiger partial charge >= 0.3 is 0 Å². The molecular formula is C21H21FN4O3. The average Bonchev–Trinajstić information content (AvgIpc) is 2.68. The topological polar surface area (TPSA) is 107 Å². The second-order valence-corrected chi connectivity index (χ2v) is 7.06. The third-order valence-electron chi connectivity index (χ3n) is 4.61. The zero-order chi connectivity index (χ0) is 21.1. The predicted molar refractivity (Wildman–Crippen MR) is 107 cm³/mol. The van der Waals surface area contributed by atoms with Crippen molar-refractivity contribution < 1.29 is 14.0 Å². The number of primary amides is 1. The molecule has 1 heterocycles. The van der Waals surface area contributed by atoms with E-state index in [1.54, 1.807) is 36.4 Å². The lowest BCUT2D eigenvalue weighted by molar-refractivity contribution is -0.123. The van der Waals surface area contributed by atoms with Gasteiger partial charge in [0.2, 0.25) is 5.91 Å². The molecule has 0 saturated carbocycles. The summed E-state index contributed by atoms with van der Waals surface area (Å²) in [7, 11) is 0. The Labute approximate surface area is 166 Å². The fraction of sp³-hybridized carbons (Fsp3) is 0.238. The van der Waals surface area contributed by atoms with Crippen LogP contribution in [0, 0.1) is 11.7 Å². The van der Waals surface area contributed by atoms with Gasteiger partial charge in [0, 0.05) is 5.39 Å². The van der Waals surface area contributed by atoms with Gasteiger partial charge in [-0.1, -0.05) is 44.2 Å². The highest BCUT2D eigenvalue weighted by Gasteiger charge is 2.20. The molecule has 0 bridgehead atoms. The average molecular weight is 396 g/mol. The first-order valence-electron chi connectivity index (χ1n) is 9.12. The number of rotatable bonds is 6. The monoisotopic (exact) mass is 396 g/mol. The van der Waals surface area contributed by atoms with Crippen molar-refractivity contribution >= 4 is 22.6 Å². The maximum Gasteiger partial charge on any atom is 0.275 e. The maximum atomic E-state index is 13.2. The van der Waals surface area contributed by atoms with E-state index in [-0.39, 0.29) is 35.4 Å². The van der Waals surface area contributed by atoms with Crippen LogP contribution in [0.5, 0.6) is 0 Å². The fourth-order valence-corrected chi connectivity index (χ4v) is 3.18. The van der Waals surface area contributed by atoms with Crippen molar-refractivity contribution in [3.8, 4) is 0 Å². The minimum absolute atomic E-state index is 0.0203. The van der Waals surface area contributed by atoms with Crippen LogP contribution in [0.1, 0.15) is 35.9 Å². The smallest absolute Gasteiger partial charge is 0.275 e. The van der Waals surface area contributed by atoms with E-state index < -0.39 is 17.4 Å². The molecule has 3 N–H and O–H groups in total. The van der Waals surface area contributed by atoms with Crippen molar-refractivity contribution in [2.75, 3.05) is 0 Å². The number of nitrogens with two attached hydrogens (primary N) is 1. The number of benzene rings is 2. The van der Waals surface area contributed by atoms with E-state index >= 15 is 0 Å². The van der Waals surface area contributed by atoms with Crippen LogP contribution in [0.3, 0.4) is 0 Å². The van der Waals surface area contributed by atoms with Gasteiger partial charge in [-0.15, -0.1) is 0 Å². The Morgan fingerprint density at radius 3 is 2.31 bits per heavy atom. The highest BCUT2D eigenvalue weighted by Crippen LogP contribution is 2.22. The van der Waals surface area contributed by atoms with E-state index in [0.717, 1.165) is 10.2 Å². The third kappa shape index (κ3) is 4.31. The number of nitrogens with one attached hydrogen (secondary N) is 1. The summed E-state index contributed by atoms with van der Waals surface area (Å²) in [6, 6.07) is 11.9. The van der Waals surface area contributed by atoms with Gasteiger partial charge in [-0.05, 0) is 29.7 Å². The molecule has 8 heteroatoms. The van der Waals surface area contributed by atoms with Crippen molar-refractivity contribution in [1.82, 2.24) is 15.1 Å². The summed E-state index contributed by atoms with van der Waals surface area (Å²) < 4.78 is 14.1. The van der Waals surface area contributed by atoms with Crippen molar-refractivity contribution in [3.63, 3.8) is 0 Å². The minimum Gasteiger partial charge on any atom is -0.364 e. The number of carbonyl (C=O) groups excluding carboxylic acids is 2. The fourth-order valence-electron chi connectivity index (χ4n) is 3.18. The summed E-state index contributed by atoms with van der Waals surface area (Å²) in [4.78, 5) is 37.1. The molecule has 7 nitrogen and oxygen atoms in total. The van der Waals surface area contributed by atoms with Gasteiger partial charge in [-0.3, -0.25) is 14.4 Å². The number of halogens is 1. The Kier molecular flexibility index (Phi) is 5.72. The van der Waals surface area contributed by atoms with Crippen molar-refractivity contribution in [1.29, 1.82) is 0 Å². The molecule has 0 saturated heterocycles. The molecule has 0 aliphatic carbocycles. The van der Waals surface area contributed by atoms with Crippen molar-refractivity contribution in [3.05, 3.63) is 76.0 Å². The van der Waals surface area contributed by atoms with Gasteiger partial charge < -0.3 is 11.1 Å². The molecule has 3 rings (SSSR count). The quantitative estimate of drug-likeness (QED) is 0.666. The highest BCUT2D eigenvalue weighted by molar-refractivity contribution is 6.04. The summed E-state index contributed by atoms with van der Waals surface area (Å²) in [5.41, 5.74) is 5.56. The van der Waals surface area contributed by atoms with Crippen LogP contribution in [0.4, 0.5) is 4.39 Å². The SMILES string of the molecule is CC(C)C(NC(=O)Cn1nc(C(N)=O)c2ccccc2c1=O)c1ccc(F)cc1. The molecule has 0 fully saturated rings. The Balaban J connectivity index is 1.91. The molecule has 0 spiro atoms. The van der Waals surface area contributed by atoms with Gasteiger partial charge in [-0.2, -0.15) is 5.10 Å². The molecule has 1 unspecified atom stereocenters. The van der Waals surface area contributed by atoms with E-state index in [2.05, 4.69) is 10.4 Å². The Bertz CT molecular complexity index is 1120. The molecule has 3 aromatic rings. The summed E-state index contributed by atoms with van der Waals surface area (Å²) in [5.74, 6) is -1.60. The number of amides is 2. The molecule has 1 atom stereocenters. The number of hydrogen-bond acceptors (Lipinski definition) is 4. The molecule has 150 valence electrons. The van der Waals surface area contributed by atoms with Crippen LogP contribution in [-0.4, -0.2) is 21.6 Å². The van der Waals surface area contributed by atoms with Gasteiger partial charge in [0.05, 0.1) is 11.4 Å². The molecule has 0 aliphatic heterocycles. The Hall–Kier alpha value is -3.55. The third-order valence-corrected chi connectivity index (χ3v) is 4.61. The first kappa shape index (κ1) is 20.2. The van der Waals surface area contributed by atoms with Crippen LogP contribution in [0.15, 0.2) is 53.3 Å². The van der Waals surface area contributed by atoms with Crippen LogP contribution >= 0.6 is 0 Å². The number of carbonyl (C=O) groups is 2. The zero-order valence-corrected chi connectivity index (χ0v) is 16.1. The lowest BCUT2D eigenvalue weighted by Gasteiger charge is -2.23. The van der Waals surface area contributed by atoms with Crippen LogP contribution in [0.2, 0.25) is 0 Å². The van der Waals surface area contributed by atoms with Crippen molar-refractivity contribution in [2.24, 2.45) is 11.7 Å². The minimum atomic E-state index is -0.790. The van der Waals surface area contributed by atoms with E-state index in [9.17, 15) is 18.8 Å². The molecular weight excluding hydrogens is 375 g/mol. The van der Waals surface area contributed by atoms with E-state index in [0.29, 0.717) is 5.39 Å². The van der Waals surface area contributed by atoms with Crippen molar-refractivity contribution in [2.45, 2.75) is 26.4 Å². The molecule has 0 radical (unpaired) electrons. The molecule has 1 aromatic heterocycles. The standard InChI is InChI=1S/C21H21FN4O3/c1-12(2)18(13-7-9-14(22)10-8-13)24-17(27)11-26-21(29)16-6-4-3-5-15(16)19(25-26)20(23)28/h3-10,12,18H,11H2,1-2H3,(H2,23,28)(H,24,27). The summed E-state index contributed by atoms with van der Waals surface area (Å²) in [6.07, 6.45) is 0. The second kappa shape index (κ2) is 8.22. The first-order valence-corrected chi connectivity index (χ1v) is 9.12. The normalized spacial score (nSPS) is 12.1. The summed E-state index contributed by atoms with van der Waals surface area (Å²) >= 11 is 0. The molecule has 2 aromatic carbocycles. The first-order chi connectivity index (χ1) is 13.8. The van der Waals surface area contributed by atoms with Gasteiger partial charge in [0.15, 0.2) is 5.69 Å². The molecule has 29 heavy (non-hydrogen) atoms. The van der Waals surface area contributed by atoms with Crippen LogP contribution in [-0.2, 0) is 11.3 Å². The van der Waals surface area contributed by atoms with Crippen LogP contribution in [0.25, 0.3) is 10.8 Å². The lowest BCUT2D eigenvalue weighted by atomic mass is 9.96. The second-order valence-electron chi connectivity index (χ2n) is 7.06. The Morgan fingerprint density at radius 2 is 1.72 bits per heavy atom. The van der Waals surface area contributed by atoms with E-state index in [4.69, 9.17) is 5.73 Å². The van der Waals surface area contributed by atoms with E-state index in [1.807, 2.05) is 13.8 Å². The predicted octanol–water partition coefficient (Wildman–Crippen LogP) is 2.15. The molecule has 0 aliphatic rings. The largest absolute Gasteiger partial charge is 0.364 e. The summed E-state index contributed by atoms with van der Waals surface area (Å²) in [5, 5.41) is 7.44. The highest BCUT2D eigenvalue weighted by atomic mass is 19.1. The lowest BCUT2D eigenvalue weighted by Crippen LogP contribution is -2.38. The summed E-state index contributed by atoms with van der Waals surface area (Å²) in [6.45, 7) is 3.45.